The van der Waals surface area contributed by atoms with Crippen molar-refractivity contribution in [2.45, 2.75) is 49.8 Å². The SMILES string of the molecule is Nc1nc2c(ncn2[C@H]2O[C@@H]3CO[P@](=O)(S)O[C@H]4C[C@H](n5nnc6cncnc65)C[C@@H]4CNS(=O)(=O)O[C@@H]2C3)c(=O)[nH]1. The number of thiol groups is 1. The molecule has 0 amide bonds. The van der Waals surface area contributed by atoms with Gasteiger partial charge in [-0.25, -0.2) is 28.4 Å². The van der Waals surface area contributed by atoms with Gasteiger partial charge in [-0.1, -0.05) is 17.5 Å². The van der Waals surface area contributed by atoms with Gasteiger partial charge in [-0.3, -0.25) is 23.4 Å². The lowest BCUT2D eigenvalue weighted by Crippen LogP contribution is -2.37. The molecule has 2 saturated heterocycles. The first kappa shape index (κ1) is 27.8. The maximum absolute atomic E-state index is 13.3. The number of nitrogens with two attached hydrogens (primary N) is 1. The fourth-order valence-electron chi connectivity index (χ4n) is 5.62. The molecule has 3 aliphatic rings. The summed E-state index contributed by atoms with van der Waals surface area (Å²) >= 11 is 4.19. The van der Waals surface area contributed by atoms with Crippen molar-refractivity contribution in [2.24, 2.45) is 5.92 Å². The highest BCUT2D eigenvalue weighted by molar-refractivity contribution is 8.44. The van der Waals surface area contributed by atoms with Crippen LogP contribution >= 0.6 is 19.0 Å². The van der Waals surface area contributed by atoms with Gasteiger partial charge in [0.15, 0.2) is 28.6 Å². The van der Waals surface area contributed by atoms with Crippen LogP contribution in [0.1, 0.15) is 31.5 Å². The number of anilines is 1. The van der Waals surface area contributed by atoms with Gasteiger partial charge in [-0.15, -0.1) is 5.10 Å². The Bertz CT molecular complexity index is 1880. The number of nitrogen functional groups attached to an aromatic ring is 1. The lowest BCUT2D eigenvalue weighted by molar-refractivity contribution is -0.0419. The average Bonchev–Trinajstić information content (AvgIpc) is 3.70. The van der Waals surface area contributed by atoms with Gasteiger partial charge in [0, 0.05) is 18.9 Å². The third kappa shape index (κ3) is 5.19. The molecule has 42 heavy (non-hydrogen) atoms. The van der Waals surface area contributed by atoms with Gasteiger partial charge in [0.1, 0.15) is 12.4 Å². The lowest BCUT2D eigenvalue weighted by atomic mass is 10.1. The number of hydrogen-bond acceptors (Lipinski definition) is 15. The van der Waals surface area contributed by atoms with E-state index in [4.69, 9.17) is 23.7 Å². The van der Waals surface area contributed by atoms with Gasteiger partial charge in [-0.2, -0.15) is 18.1 Å². The van der Waals surface area contributed by atoms with Crippen LogP contribution in [0.3, 0.4) is 0 Å². The summed E-state index contributed by atoms with van der Waals surface area (Å²) in [6.45, 7) is -4.30. The van der Waals surface area contributed by atoms with E-state index >= 15 is 0 Å². The second-order valence-electron chi connectivity index (χ2n) is 10.2. The fourth-order valence-corrected chi connectivity index (χ4v) is 8.18. The second-order valence-corrected chi connectivity index (χ2v) is 14.4. The first-order valence-corrected chi connectivity index (χ1v) is 16.9. The molecule has 7 rings (SSSR count). The van der Waals surface area contributed by atoms with E-state index in [1.165, 1.54) is 23.4 Å². The standard InChI is InChI=1S/C20H24N11O8PS2/c21-20-26-17-15(18(32)27-20)24-8-30(17)19-14-3-11(37-19)6-36-40(33,41)38-13-2-10(1-9(13)4-25-42(34,35)39-14)31-16-12(28-29-31)5-22-7-23-16/h5,7-11,13-14,19,25H,1-4,6H2,(H,33,41)(H3,21,26,27,32)/t9-,10-,11+,13+,14-,19+,40+/m1/s1. The Morgan fingerprint density at radius 3 is 2.88 bits per heavy atom. The van der Waals surface area contributed by atoms with Crippen LogP contribution in [0.15, 0.2) is 23.6 Å². The molecule has 4 aromatic heterocycles. The molecule has 4 N–H and O–H groups in total. The van der Waals surface area contributed by atoms with Gasteiger partial charge in [0.05, 0.1) is 37.4 Å². The van der Waals surface area contributed by atoms with Crippen molar-refractivity contribution in [3.8, 4) is 0 Å². The zero-order chi connectivity index (χ0) is 29.2. The first-order chi connectivity index (χ1) is 20.1. The summed E-state index contributed by atoms with van der Waals surface area (Å²) in [7, 11) is -4.34. The zero-order valence-electron chi connectivity index (χ0n) is 21.5. The molecule has 2 aliphatic heterocycles. The maximum atomic E-state index is 13.3. The minimum atomic E-state index is -4.34. The summed E-state index contributed by atoms with van der Waals surface area (Å²) in [6.07, 6.45) is 1.23. The largest absolute Gasteiger partial charge is 0.386 e. The number of nitrogens with zero attached hydrogens (tertiary/aromatic N) is 8. The quantitative estimate of drug-likeness (QED) is 0.164. The molecule has 6 heterocycles. The highest BCUT2D eigenvalue weighted by atomic mass is 32.7. The third-order valence-electron chi connectivity index (χ3n) is 7.42. The van der Waals surface area contributed by atoms with Crippen LogP contribution in [0.5, 0.6) is 0 Å². The molecule has 0 spiro atoms. The molecule has 7 atom stereocenters. The van der Waals surface area contributed by atoms with Gasteiger partial charge < -0.3 is 10.5 Å². The monoisotopic (exact) mass is 641 g/mol. The van der Waals surface area contributed by atoms with E-state index in [9.17, 15) is 17.8 Å². The Labute approximate surface area is 241 Å². The number of rotatable bonds is 2. The number of nitrogens with one attached hydrogen (secondary N) is 2. The number of hydrogen-bond donors (Lipinski definition) is 4. The van der Waals surface area contributed by atoms with Gasteiger partial charge >= 0.3 is 17.1 Å². The molecular weight excluding hydrogens is 617 g/mol. The van der Waals surface area contributed by atoms with Crippen LogP contribution in [0.4, 0.5) is 5.95 Å². The van der Waals surface area contributed by atoms with Crippen molar-refractivity contribution in [1.82, 2.24) is 49.2 Å². The molecular formula is C20H24N11O8PS2. The summed E-state index contributed by atoms with van der Waals surface area (Å²) in [4.78, 5) is 31.0. The molecule has 1 saturated carbocycles. The van der Waals surface area contributed by atoms with Gasteiger partial charge in [0.2, 0.25) is 5.95 Å². The molecule has 0 unspecified atom stereocenters. The van der Waals surface area contributed by atoms with Crippen LogP contribution < -0.4 is 16.0 Å². The molecule has 0 radical (unpaired) electrons. The van der Waals surface area contributed by atoms with Gasteiger partial charge in [0.25, 0.3) is 5.56 Å². The van der Waals surface area contributed by atoms with Crippen molar-refractivity contribution in [1.29, 1.82) is 0 Å². The van der Waals surface area contributed by atoms with E-state index in [-0.39, 0.29) is 42.7 Å². The van der Waals surface area contributed by atoms with Crippen LogP contribution in [-0.4, -0.2) is 84.4 Å². The Hall–Kier alpha value is -3.04. The molecule has 2 bridgehead atoms. The molecule has 3 fully saturated rings. The Morgan fingerprint density at radius 1 is 1.17 bits per heavy atom. The normalized spacial score (nSPS) is 33.6. The van der Waals surface area contributed by atoms with E-state index in [0.29, 0.717) is 24.0 Å². The minimum absolute atomic E-state index is 0.0217. The predicted molar refractivity (Wildman–Crippen MR) is 145 cm³/mol. The molecule has 0 aromatic carbocycles. The molecule has 4 aromatic rings. The zero-order valence-corrected chi connectivity index (χ0v) is 24.1. The predicted octanol–water partition coefficient (Wildman–Crippen LogP) is -0.152. The number of imidazole rings is 1. The molecule has 1 aliphatic carbocycles. The van der Waals surface area contributed by atoms with E-state index in [1.807, 2.05) is 0 Å². The molecule has 224 valence electrons. The van der Waals surface area contributed by atoms with Crippen molar-refractivity contribution in [3.05, 3.63) is 29.2 Å². The number of fused-ring (bicyclic) bond motifs is 5. The van der Waals surface area contributed by atoms with Crippen molar-refractivity contribution in [3.63, 3.8) is 0 Å². The summed E-state index contributed by atoms with van der Waals surface area (Å²) < 4.78 is 68.1. The Kier molecular flexibility index (Phi) is 6.81. The smallest absolute Gasteiger partial charge is 0.369 e. The number of aromatic nitrogens is 9. The topological polar surface area (TPSA) is 246 Å². The van der Waals surface area contributed by atoms with Crippen LogP contribution in [0, 0.1) is 5.92 Å². The molecule has 22 heteroatoms. The fraction of sp³-hybridized carbons (Fsp3) is 0.550. The summed E-state index contributed by atoms with van der Waals surface area (Å²) in [5, 5.41) is 8.27. The summed E-state index contributed by atoms with van der Waals surface area (Å²) in [5.74, 6) is -0.620. The van der Waals surface area contributed by atoms with Crippen LogP contribution in [0.25, 0.3) is 22.3 Å². The van der Waals surface area contributed by atoms with E-state index in [1.54, 1.807) is 4.68 Å². The van der Waals surface area contributed by atoms with Crippen LogP contribution in [0.2, 0.25) is 0 Å². The van der Waals surface area contributed by atoms with Crippen molar-refractivity contribution in [2.75, 3.05) is 18.9 Å². The van der Waals surface area contributed by atoms with Gasteiger partial charge in [-0.05, 0) is 12.8 Å². The highest BCUT2D eigenvalue weighted by Crippen LogP contribution is 2.57. The summed E-state index contributed by atoms with van der Waals surface area (Å²) in [6, 6.07) is -0.298. The van der Waals surface area contributed by atoms with Crippen molar-refractivity contribution >= 4 is 57.6 Å². The Morgan fingerprint density at radius 2 is 2.02 bits per heavy atom. The first-order valence-electron chi connectivity index (χ1n) is 12.8. The number of H-pyrrole nitrogens is 1. The van der Waals surface area contributed by atoms with Crippen LogP contribution in [-0.2, 0) is 32.8 Å². The molecule has 19 nitrogen and oxygen atoms in total. The second kappa shape index (κ2) is 10.3. The third-order valence-corrected chi connectivity index (χ3v) is 10.1. The van der Waals surface area contributed by atoms with E-state index in [0.717, 1.165) is 0 Å². The number of ether oxygens (including phenoxy) is 1. The average molecular weight is 642 g/mol. The van der Waals surface area contributed by atoms with Crippen molar-refractivity contribution < 1.29 is 31.0 Å². The summed E-state index contributed by atoms with van der Waals surface area (Å²) in [5.41, 5.74) is 6.17. The number of aromatic amines is 1. The minimum Gasteiger partial charge on any atom is -0.369 e. The van der Waals surface area contributed by atoms with E-state index < -0.39 is 53.1 Å². The lowest BCUT2D eigenvalue weighted by Gasteiger charge is -2.25. The highest BCUT2D eigenvalue weighted by Gasteiger charge is 2.45. The van der Waals surface area contributed by atoms with E-state index in [2.05, 4.69) is 52.2 Å². The Balaban J connectivity index is 1.17. The maximum Gasteiger partial charge on any atom is 0.386 e.